The maximum Gasteiger partial charge on any atom is 0.236 e. The molecule has 1 saturated heterocycles. The molecule has 2 rings (SSSR count). The van der Waals surface area contributed by atoms with Crippen LogP contribution in [0.5, 0.6) is 0 Å². The highest BCUT2D eigenvalue weighted by molar-refractivity contribution is 7.92. The summed E-state index contributed by atoms with van der Waals surface area (Å²) in [5.41, 5.74) is 7.22. The fraction of sp³-hybridized carbons (Fsp3) is 0.400. The largest absolute Gasteiger partial charge is 0.369 e. The normalized spacial score (nSPS) is 18.1. The van der Waals surface area contributed by atoms with Crippen molar-refractivity contribution in [2.75, 3.05) is 13.1 Å². The fourth-order valence-corrected chi connectivity index (χ4v) is 3.54. The molecule has 0 saturated carbocycles. The number of nitrogens with two attached hydrogens (primary N) is 1. The van der Waals surface area contributed by atoms with Gasteiger partial charge in [0, 0.05) is 24.4 Å². The SMILES string of the molecule is Cc1ccc(/C=C/S(=O)(=O)N2CCC(C(N)=O)CC2)cc1. The third-order valence-electron chi connectivity index (χ3n) is 3.73. The van der Waals surface area contributed by atoms with Gasteiger partial charge in [0.2, 0.25) is 15.9 Å². The molecule has 114 valence electrons. The number of nitrogens with zero attached hydrogens (tertiary/aromatic N) is 1. The van der Waals surface area contributed by atoms with E-state index in [2.05, 4.69) is 0 Å². The quantitative estimate of drug-likeness (QED) is 0.915. The van der Waals surface area contributed by atoms with Crippen LogP contribution in [0.15, 0.2) is 29.7 Å². The number of sulfonamides is 1. The number of amides is 1. The zero-order valence-electron chi connectivity index (χ0n) is 12.0. The van der Waals surface area contributed by atoms with Crippen LogP contribution in [0.4, 0.5) is 0 Å². The minimum Gasteiger partial charge on any atom is -0.369 e. The average molecular weight is 308 g/mol. The van der Waals surface area contributed by atoms with Crippen LogP contribution in [0, 0.1) is 12.8 Å². The minimum absolute atomic E-state index is 0.211. The van der Waals surface area contributed by atoms with Crippen molar-refractivity contribution in [3.05, 3.63) is 40.8 Å². The molecule has 1 amide bonds. The molecule has 2 N–H and O–H groups in total. The zero-order chi connectivity index (χ0) is 15.5. The van der Waals surface area contributed by atoms with Gasteiger partial charge in [-0.1, -0.05) is 29.8 Å². The number of primary amides is 1. The Morgan fingerprint density at radius 2 is 1.81 bits per heavy atom. The molecule has 1 fully saturated rings. The summed E-state index contributed by atoms with van der Waals surface area (Å²) < 4.78 is 25.9. The summed E-state index contributed by atoms with van der Waals surface area (Å²) in [6, 6.07) is 7.62. The van der Waals surface area contributed by atoms with Crippen molar-refractivity contribution < 1.29 is 13.2 Å². The zero-order valence-corrected chi connectivity index (χ0v) is 12.8. The van der Waals surface area contributed by atoms with E-state index in [1.54, 1.807) is 6.08 Å². The van der Waals surface area contributed by atoms with Crippen molar-refractivity contribution in [3.63, 3.8) is 0 Å². The summed E-state index contributed by atoms with van der Waals surface area (Å²) in [5.74, 6) is -0.556. The molecule has 1 aromatic carbocycles. The molecule has 0 unspecified atom stereocenters. The number of aryl methyl sites for hydroxylation is 1. The summed E-state index contributed by atoms with van der Waals surface area (Å²) in [7, 11) is -3.44. The number of benzene rings is 1. The van der Waals surface area contributed by atoms with E-state index in [0.29, 0.717) is 25.9 Å². The second-order valence-electron chi connectivity index (χ2n) is 5.33. The number of hydrogen-bond acceptors (Lipinski definition) is 3. The topological polar surface area (TPSA) is 80.5 Å². The number of rotatable bonds is 4. The van der Waals surface area contributed by atoms with Gasteiger partial charge in [-0.2, -0.15) is 4.31 Å². The molecule has 21 heavy (non-hydrogen) atoms. The van der Waals surface area contributed by atoms with Crippen LogP contribution in [0.3, 0.4) is 0 Å². The van der Waals surface area contributed by atoms with Gasteiger partial charge < -0.3 is 5.73 Å². The first-order valence-electron chi connectivity index (χ1n) is 6.93. The lowest BCUT2D eigenvalue weighted by molar-refractivity contribution is -0.122. The van der Waals surface area contributed by atoms with E-state index in [9.17, 15) is 13.2 Å². The predicted molar refractivity (Wildman–Crippen MR) is 82.6 cm³/mol. The van der Waals surface area contributed by atoms with Gasteiger partial charge >= 0.3 is 0 Å². The molecular weight excluding hydrogens is 288 g/mol. The molecule has 1 heterocycles. The molecule has 6 heteroatoms. The first-order valence-corrected chi connectivity index (χ1v) is 8.43. The lowest BCUT2D eigenvalue weighted by Gasteiger charge is -2.28. The van der Waals surface area contributed by atoms with Crippen LogP contribution in [0.2, 0.25) is 0 Å². The van der Waals surface area contributed by atoms with Crippen LogP contribution in [0.1, 0.15) is 24.0 Å². The van der Waals surface area contributed by atoms with Gasteiger partial charge in [0.15, 0.2) is 0 Å². The first-order chi connectivity index (χ1) is 9.88. The van der Waals surface area contributed by atoms with E-state index in [4.69, 9.17) is 5.73 Å². The molecule has 1 aliphatic heterocycles. The monoisotopic (exact) mass is 308 g/mol. The summed E-state index contributed by atoms with van der Waals surface area (Å²) in [6.45, 7) is 2.66. The molecule has 0 aliphatic carbocycles. The van der Waals surface area contributed by atoms with Crippen molar-refractivity contribution in [1.82, 2.24) is 4.31 Å². The molecule has 0 aromatic heterocycles. The van der Waals surface area contributed by atoms with Gasteiger partial charge in [0.05, 0.1) is 0 Å². The van der Waals surface area contributed by atoms with Gasteiger partial charge in [-0.25, -0.2) is 8.42 Å². The van der Waals surface area contributed by atoms with Crippen LogP contribution in [-0.4, -0.2) is 31.7 Å². The average Bonchev–Trinajstić information content (AvgIpc) is 2.47. The lowest BCUT2D eigenvalue weighted by atomic mass is 9.98. The van der Waals surface area contributed by atoms with E-state index in [0.717, 1.165) is 11.1 Å². The van der Waals surface area contributed by atoms with Crippen LogP contribution in [0.25, 0.3) is 6.08 Å². The highest BCUT2D eigenvalue weighted by Gasteiger charge is 2.28. The van der Waals surface area contributed by atoms with Gasteiger partial charge in [0.1, 0.15) is 0 Å². The van der Waals surface area contributed by atoms with Crippen molar-refractivity contribution in [1.29, 1.82) is 0 Å². The van der Waals surface area contributed by atoms with Crippen molar-refractivity contribution in [2.24, 2.45) is 11.7 Å². The number of carbonyl (C=O) groups is 1. The molecule has 0 atom stereocenters. The van der Waals surface area contributed by atoms with E-state index in [-0.39, 0.29) is 11.8 Å². The Morgan fingerprint density at radius 3 is 2.33 bits per heavy atom. The summed E-state index contributed by atoms with van der Waals surface area (Å²) in [4.78, 5) is 11.1. The number of carbonyl (C=O) groups excluding carboxylic acids is 1. The van der Waals surface area contributed by atoms with E-state index >= 15 is 0 Å². The van der Waals surface area contributed by atoms with Gasteiger partial charge in [-0.3, -0.25) is 4.79 Å². The third kappa shape index (κ3) is 4.15. The smallest absolute Gasteiger partial charge is 0.236 e. The highest BCUT2D eigenvalue weighted by atomic mass is 32.2. The van der Waals surface area contributed by atoms with Crippen LogP contribution >= 0.6 is 0 Å². The lowest BCUT2D eigenvalue weighted by Crippen LogP contribution is -2.40. The Kier molecular flexibility index (Phi) is 4.80. The Bertz CT molecular complexity index is 627. The Morgan fingerprint density at radius 1 is 1.24 bits per heavy atom. The van der Waals surface area contributed by atoms with Gasteiger partial charge in [-0.15, -0.1) is 0 Å². The predicted octanol–water partition coefficient (Wildman–Crippen LogP) is 1.49. The first kappa shape index (κ1) is 15.7. The highest BCUT2D eigenvalue weighted by Crippen LogP contribution is 2.20. The Hall–Kier alpha value is -1.66. The molecule has 1 aliphatic rings. The Labute approximate surface area is 125 Å². The summed E-state index contributed by atoms with van der Waals surface area (Å²) in [6.07, 6.45) is 2.58. The van der Waals surface area contributed by atoms with Gasteiger partial charge in [-0.05, 0) is 31.4 Å². The molecule has 0 radical (unpaired) electrons. The summed E-state index contributed by atoms with van der Waals surface area (Å²) in [5, 5.41) is 1.22. The van der Waals surface area contributed by atoms with Crippen LogP contribution < -0.4 is 5.73 Å². The van der Waals surface area contributed by atoms with Crippen molar-refractivity contribution in [3.8, 4) is 0 Å². The number of piperidine rings is 1. The second-order valence-corrected chi connectivity index (χ2v) is 7.15. The minimum atomic E-state index is -3.44. The van der Waals surface area contributed by atoms with Crippen molar-refractivity contribution >= 4 is 22.0 Å². The number of hydrogen-bond donors (Lipinski definition) is 1. The van der Waals surface area contributed by atoms with Gasteiger partial charge in [0.25, 0.3) is 0 Å². The molecular formula is C15H20N2O3S. The third-order valence-corrected chi connectivity index (χ3v) is 5.29. The second kappa shape index (κ2) is 6.41. The molecule has 0 spiro atoms. The standard InChI is InChI=1S/C15H20N2O3S/c1-12-2-4-13(5-3-12)8-11-21(19,20)17-9-6-14(7-10-17)15(16)18/h2-5,8,11,14H,6-7,9-10H2,1H3,(H2,16,18)/b11-8+. The summed E-state index contributed by atoms with van der Waals surface area (Å²) >= 11 is 0. The van der Waals surface area contributed by atoms with E-state index in [1.807, 2.05) is 31.2 Å². The maximum atomic E-state index is 12.2. The molecule has 0 bridgehead atoms. The van der Waals surface area contributed by atoms with Crippen LogP contribution in [-0.2, 0) is 14.8 Å². The van der Waals surface area contributed by atoms with E-state index < -0.39 is 10.0 Å². The fourth-order valence-electron chi connectivity index (χ4n) is 2.32. The Balaban J connectivity index is 2.02. The van der Waals surface area contributed by atoms with E-state index in [1.165, 1.54) is 9.71 Å². The maximum absolute atomic E-state index is 12.2. The molecule has 1 aromatic rings. The van der Waals surface area contributed by atoms with Crippen molar-refractivity contribution in [2.45, 2.75) is 19.8 Å². The molecule has 5 nitrogen and oxygen atoms in total.